The number of carbonyl (C=O) groups is 2. The van der Waals surface area contributed by atoms with Crippen molar-refractivity contribution in [2.75, 3.05) is 31.3 Å². The third-order valence-electron chi connectivity index (χ3n) is 7.15. The summed E-state index contributed by atoms with van der Waals surface area (Å²) in [5, 5.41) is 3.15. The van der Waals surface area contributed by atoms with Crippen LogP contribution in [-0.4, -0.2) is 64.2 Å². The topological polar surface area (TPSA) is 105 Å². The van der Waals surface area contributed by atoms with Gasteiger partial charge in [0, 0.05) is 18.7 Å². The summed E-state index contributed by atoms with van der Waals surface area (Å²) in [5.74, 6) is 0.0452. The van der Waals surface area contributed by atoms with Crippen LogP contribution in [0.3, 0.4) is 0 Å². The smallest absolute Gasteiger partial charge is 0.244 e. The van der Waals surface area contributed by atoms with Crippen LogP contribution in [0.4, 0.5) is 5.69 Å². The highest BCUT2D eigenvalue weighted by atomic mass is 32.2. The number of carbonyl (C=O) groups excluding carboxylic acids is 2. The highest BCUT2D eigenvalue weighted by molar-refractivity contribution is 7.92. The Labute approximate surface area is 232 Å². The molecule has 2 amide bonds. The van der Waals surface area contributed by atoms with Crippen molar-refractivity contribution in [3.8, 4) is 11.5 Å². The van der Waals surface area contributed by atoms with E-state index in [9.17, 15) is 18.0 Å². The van der Waals surface area contributed by atoms with Crippen LogP contribution in [0.2, 0.25) is 0 Å². The zero-order chi connectivity index (χ0) is 28.6. The Morgan fingerprint density at radius 2 is 1.69 bits per heavy atom. The van der Waals surface area contributed by atoms with E-state index in [1.807, 2.05) is 38.1 Å². The van der Waals surface area contributed by atoms with Crippen molar-refractivity contribution in [1.82, 2.24) is 10.2 Å². The predicted molar refractivity (Wildman–Crippen MR) is 153 cm³/mol. The Kier molecular flexibility index (Phi) is 10.6. The number of hydrogen-bond acceptors (Lipinski definition) is 6. The highest BCUT2D eigenvalue weighted by Gasteiger charge is 2.33. The maximum atomic E-state index is 13.9. The second-order valence-electron chi connectivity index (χ2n) is 10.1. The molecule has 214 valence electrons. The number of benzene rings is 2. The summed E-state index contributed by atoms with van der Waals surface area (Å²) >= 11 is 0. The molecule has 0 aliphatic heterocycles. The second kappa shape index (κ2) is 13.7. The third kappa shape index (κ3) is 8.11. The van der Waals surface area contributed by atoms with Crippen molar-refractivity contribution in [2.45, 2.75) is 71.0 Å². The summed E-state index contributed by atoms with van der Waals surface area (Å²) in [6.45, 7) is 3.53. The number of hydrogen-bond donors (Lipinski definition) is 1. The number of methoxy groups -OCH3 is 2. The van der Waals surface area contributed by atoms with Crippen LogP contribution >= 0.6 is 0 Å². The van der Waals surface area contributed by atoms with Crippen LogP contribution in [0.25, 0.3) is 0 Å². The SMILES string of the molecule is CCC(C(=O)NC1CCCCC1)N(Cc1ccc(C)cc1)C(=O)CN(c1ccc(OC)cc1OC)S(C)(=O)=O. The van der Waals surface area contributed by atoms with E-state index in [4.69, 9.17) is 9.47 Å². The van der Waals surface area contributed by atoms with Crippen LogP contribution in [0.1, 0.15) is 56.6 Å². The van der Waals surface area contributed by atoms with Gasteiger partial charge in [-0.05, 0) is 43.9 Å². The van der Waals surface area contributed by atoms with Crippen molar-refractivity contribution < 1.29 is 27.5 Å². The summed E-state index contributed by atoms with van der Waals surface area (Å²) in [6.07, 6.45) is 6.59. The molecule has 0 saturated heterocycles. The number of sulfonamides is 1. The second-order valence-corrected chi connectivity index (χ2v) is 12.0. The minimum Gasteiger partial charge on any atom is -0.497 e. The fourth-order valence-corrected chi connectivity index (χ4v) is 5.79. The van der Waals surface area contributed by atoms with E-state index >= 15 is 0 Å². The van der Waals surface area contributed by atoms with Gasteiger partial charge in [0.1, 0.15) is 24.1 Å². The molecule has 1 aliphatic rings. The van der Waals surface area contributed by atoms with Gasteiger partial charge in [-0.25, -0.2) is 8.42 Å². The van der Waals surface area contributed by atoms with E-state index in [1.54, 1.807) is 18.2 Å². The van der Waals surface area contributed by atoms with Crippen LogP contribution < -0.4 is 19.1 Å². The van der Waals surface area contributed by atoms with Crippen molar-refractivity contribution in [3.63, 3.8) is 0 Å². The predicted octanol–water partition coefficient (Wildman–Crippen LogP) is 4.03. The van der Waals surface area contributed by atoms with E-state index < -0.39 is 28.5 Å². The van der Waals surface area contributed by atoms with Gasteiger partial charge < -0.3 is 19.7 Å². The molecule has 1 N–H and O–H groups in total. The molecule has 10 heteroatoms. The summed E-state index contributed by atoms with van der Waals surface area (Å²) in [7, 11) is -0.966. The average molecular weight is 560 g/mol. The van der Waals surface area contributed by atoms with Gasteiger partial charge in [-0.3, -0.25) is 13.9 Å². The Balaban J connectivity index is 1.95. The first kappa shape index (κ1) is 30.3. The lowest BCUT2D eigenvalue weighted by molar-refractivity contribution is -0.140. The average Bonchev–Trinajstić information content (AvgIpc) is 2.92. The van der Waals surface area contributed by atoms with Gasteiger partial charge in [0.2, 0.25) is 21.8 Å². The molecular weight excluding hydrogens is 518 g/mol. The van der Waals surface area contributed by atoms with Gasteiger partial charge >= 0.3 is 0 Å². The van der Waals surface area contributed by atoms with Crippen molar-refractivity contribution in [2.24, 2.45) is 0 Å². The standard InChI is InChI=1S/C29H41N3O6S/c1-6-25(29(34)30-23-10-8-7-9-11-23)31(19-22-14-12-21(2)13-15-22)28(33)20-32(39(5,35)36)26-17-16-24(37-3)18-27(26)38-4/h12-18,23,25H,6-11,19-20H2,1-5H3,(H,30,34). The third-order valence-corrected chi connectivity index (χ3v) is 8.27. The van der Waals surface area contributed by atoms with E-state index in [0.717, 1.165) is 53.8 Å². The van der Waals surface area contributed by atoms with Crippen molar-refractivity contribution >= 4 is 27.5 Å². The minimum absolute atomic E-state index is 0.0905. The number of anilines is 1. The lowest BCUT2D eigenvalue weighted by Crippen LogP contribution is -2.54. The van der Waals surface area contributed by atoms with Gasteiger partial charge in [0.15, 0.2) is 0 Å². The number of aryl methyl sites for hydroxylation is 1. The maximum Gasteiger partial charge on any atom is 0.244 e. The number of nitrogens with zero attached hydrogens (tertiary/aromatic N) is 2. The molecule has 0 radical (unpaired) electrons. The van der Waals surface area contributed by atoms with Crippen molar-refractivity contribution in [3.05, 3.63) is 53.6 Å². The first-order valence-corrected chi connectivity index (χ1v) is 15.3. The molecule has 1 saturated carbocycles. The summed E-state index contributed by atoms with van der Waals surface area (Å²) in [4.78, 5) is 28.9. The van der Waals surface area contributed by atoms with E-state index in [0.29, 0.717) is 12.2 Å². The fraction of sp³-hybridized carbons (Fsp3) is 0.517. The van der Waals surface area contributed by atoms with Crippen LogP contribution in [0, 0.1) is 6.92 Å². The first-order chi connectivity index (χ1) is 18.6. The molecule has 9 nitrogen and oxygen atoms in total. The maximum absolute atomic E-state index is 13.9. The van der Waals surface area contributed by atoms with Gasteiger partial charge in [0.25, 0.3) is 0 Å². The zero-order valence-electron chi connectivity index (χ0n) is 23.6. The van der Waals surface area contributed by atoms with E-state index in [2.05, 4.69) is 5.32 Å². The number of amides is 2. The van der Waals surface area contributed by atoms with Crippen LogP contribution in [0.15, 0.2) is 42.5 Å². The van der Waals surface area contributed by atoms with E-state index in [1.165, 1.54) is 19.1 Å². The molecule has 2 aromatic rings. The van der Waals surface area contributed by atoms with Gasteiger partial charge in [-0.15, -0.1) is 0 Å². The van der Waals surface area contributed by atoms with Crippen molar-refractivity contribution in [1.29, 1.82) is 0 Å². The largest absolute Gasteiger partial charge is 0.497 e. The molecule has 0 spiro atoms. The molecule has 1 unspecified atom stereocenters. The molecule has 1 aliphatic carbocycles. The lowest BCUT2D eigenvalue weighted by Gasteiger charge is -2.34. The fourth-order valence-electron chi connectivity index (χ4n) is 4.94. The van der Waals surface area contributed by atoms with Gasteiger partial charge in [-0.1, -0.05) is 56.0 Å². The molecule has 0 heterocycles. The molecule has 0 bridgehead atoms. The summed E-state index contributed by atoms with van der Waals surface area (Å²) in [6, 6.07) is 11.8. The molecule has 1 atom stereocenters. The quantitative estimate of drug-likeness (QED) is 0.421. The summed E-state index contributed by atoms with van der Waals surface area (Å²) < 4.78 is 37.5. The Hall–Kier alpha value is -3.27. The Morgan fingerprint density at radius 1 is 1.03 bits per heavy atom. The molecule has 2 aromatic carbocycles. The van der Waals surface area contributed by atoms with Crippen LogP contribution in [0.5, 0.6) is 11.5 Å². The Bertz CT molecular complexity index is 1230. The first-order valence-electron chi connectivity index (χ1n) is 13.4. The van der Waals surface area contributed by atoms with Gasteiger partial charge in [0.05, 0.1) is 26.2 Å². The zero-order valence-corrected chi connectivity index (χ0v) is 24.4. The van der Waals surface area contributed by atoms with E-state index in [-0.39, 0.29) is 29.9 Å². The number of ether oxygens (including phenoxy) is 2. The minimum atomic E-state index is -3.89. The lowest BCUT2D eigenvalue weighted by atomic mass is 9.95. The monoisotopic (exact) mass is 559 g/mol. The molecular formula is C29H41N3O6S. The number of nitrogens with one attached hydrogen (secondary N) is 1. The molecule has 3 rings (SSSR count). The Morgan fingerprint density at radius 3 is 2.26 bits per heavy atom. The molecule has 0 aromatic heterocycles. The normalized spacial score (nSPS) is 14.8. The van der Waals surface area contributed by atoms with Gasteiger partial charge in [-0.2, -0.15) is 0 Å². The van der Waals surface area contributed by atoms with Crippen LogP contribution in [-0.2, 0) is 26.2 Å². The molecule has 39 heavy (non-hydrogen) atoms. The molecule has 1 fully saturated rings. The highest BCUT2D eigenvalue weighted by Crippen LogP contribution is 2.34. The number of rotatable bonds is 12. The summed E-state index contributed by atoms with van der Waals surface area (Å²) in [5.41, 5.74) is 2.14.